The Morgan fingerprint density at radius 2 is 1.71 bits per heavy atom. The highest BCUT2D eigenvalue weighted by Gasteiger charge is 2.35. The van der Waals surface area contributed by atoms with Crippen LogP contribution in [-0.2, 0) is 4.79 Å². The van der Waals surface area contributed by atoms with E-state index in [1.807, 2.05) is 44.2 Å². The largest absolute Gasteiger partial charge is 0.457 e. The number of carbonyl (C=O) groups excluding carboxylic acids is 1. The van der Waals surface area contributed by atoms with Crippen LogP contribution in [0.1, 0.15) is 26.3 Å². The number of rotatable bonds is 7. The van der Waals surface area contributed by atoms with Crippen molar-refractivity contribution in [2.24, 2.45) is 0 Å². The zero-order valence-corrected chi connectivity index (χ0v) is 25.8. The molecule has 4 aromatic rings. The van der Waals surface area contributed by atoms with E-state index in [2.05, 4.69) is 32.9 Å². The summed E-state index contributed by atoms with van der Waals surface area (Å²) in [6, 6.07) is 18.4. The number of hydrogen-bond acceptors (Lipinski definition) is 9. The van der Waals surface area contributed by atoms with Crippen LogP contribution in [0.2, 0.25) is 0 Å². The number of likely N-dealkylation sites (tertiary alicyclic amines) is 1. The first-order valence-electron chi connectivity index (χ1n) is 15.1. The molecular formula is C33H37N9O3. The smallest absolute Gasteiger partial charge is 0.335 e. The van der Waals surface area contributed by atoms with Crippen LogP contribution in [-0.4, -0.2) is 91.6 Å². The molecule has 6 rings (SSSR count). The van der Waals surface area contributed by atoms with Gasteiger partial charge in [0.25, 0.3) is 5.91 Å². The minimum absolute atomic E-state index is 0.110. The summed E-state index contributed by atoms with van der Waals surface area (Å²) in [4.78, 5) is 42.5. The predicted octanol–water partition coefficient (Wildman–Crippen LogP) is 3.21. The Morgan fingerprint density at radius 1 is 1.02 bits per heavy atom. The average Bonchev–Trinajstić information content (AvgIpc) is 3.63. The molecular weight excluding hydrogens is 570 g/mol. The lowest BCUT2D eigenvalue weighted by molar-refractivity contribution is -0.125. The summed E-state index contributed by atoms with van der Waals surface area (Å²) in [7, 11) is 2.09. The molecule has 0 aliphatic carbocycles. The number of anilines is 1. The highest BCUT2D eigenvalue weighted by Crippen LogP contribution is 2.30. The van der Waals surface area contributed by atoms with E-state index in [4.69, 9.17) is 10.5 Å². The maximum atomic E-state index is 14.1. The van der Waals surface area contributed by atoms with Gasteiger partial charge in [-0.3, -0.25) is 18.8 Å². The molecule has 2 N–H and O–H groups in total. The summed E-state index contributed by atoms with van der Waals surface area (Å²) >= 11 is 0. The molecule has 2 aliphatic heterocycles. The van der Waals surface area contributed by atoms with Gasteiger partial charge in [-0.25, -0.2) is 14.8 Å². The van der Waals surface area contributed by atoms with Gasteiger partial charge in [-0.15, -0.1) is 0 Å². The van der Waals surface area contributed by atoms with Crippen molar-refractivity contribution in [2.45, 2.75) is 31.8 Å². The molecule has 12 heteroatoms. The number of nitrogens with two attached hydrogens (primary N) is 1. The van der Waals surface area contributed by atoms with Crippen LogP contribution in [0.15, 0.2) is 77.4 Å². The number of nitrogens with zero attached hydrogens (tertiary/aromatic N) is 8. The highest BCUT2D eigenvalue weighted by atomic mass is 16.5. The van der Waals surface area contributed by atoms with Gasteiger partial charge in [0.05, 0.1) is 11.7 Å². The SMILES string of the molecule is CN1CCN(C(C)(C)C=C(C#N)C(=O)N2CCC(n3c(=O)n(-c4ccc(Oc5ccccc5)cc4)c4c(N)ncnc43)C2)CC1. The number of amides is 1. The standard InChI is InChI=1S/C33H37N9O3/c1-33(2,40-17-15-38(3)16-18-40)19-23(20-34)31(43)39-14-13-25(21-39)42-30-28(29(35)36-22-37-30)41(32(42)44)24-9-11-27(12-10-24)45-26-7-5-4-6-8-26/h4-12,19,22,25H,13-18,21H2,1-3H3,(H2,35,36,37). The van der Waals surface area contributed by atoms with Crippen LogP contribution in [0.5, 0.6) is 11.5 Å². The molecule has 2 aromatic heterocycles. The summed E-state index contributed by atoms with van der Waals surface area (Å²) in [5.41, 5.74) is 7.00. The van der Waals surface area contributed by atoms with E-state index < -0.39 is 5.54 Å². The number of carbonyl (C=O) groups is 1. The molecule has 45 heavy (non-hydrogen) atoms. The van der Waals surface area contributed by atoms with Crippen molar-refractivity contribution in [1.29, 1.82) is 5.26 Å². The van der Waals surface area contributed by atoms with Gasteiger partial charge in [-0.2, -0.15) is 5.26 Å². The van der Waals surface area contributed by atoms with Gasteiger partial charge >= 0.3 is 5.69 Å². The Kier molecular flexibility index (Phi) is 8.14. The Morgan fingerprint density at radius 3 is 2.40 bits per heavy atom. The topological polar surface area (TPSA) is 139 Å². The third-order valence-electron chi connectivity index (χ3n) is 8.74. The number of hydrogen-bond donors (Lipinski definition) is 1. The van der Waals surface area contributed by atoms with E-state index in [1.165, 1.54) is 10.9 Å². The van der Waals surface area contributed by atoms with E-state index in [1.54, 1.807) is 39.8 Å². The number of imidazole rings is 1. The third kappa shape index (κ3) is 5.92. The lowest BCUT2D eigenvalue weighted by Gasteiger charge is -2.41. The minimum atomic E-state index is -0.457. The summed E-state index contributed by atoms with van der Waals surface area (Å²) < 4.78 is 9.01. The van der Waals surface area contributed by atoms with E-state index in [-0.39, 0.29) is 35.6 Å². The van der Waals surface area contributed by atoms with Crippen molar-refractivity contribution < 1.29 is 9.53 Å². The molecule has 232 valence electrons. The molecule has 1 atom stereocenters. The first-order chi connectivity index (χ1) is 21.7. The maximum absolute atomic E-state index is 14.1. The Hall–Kier alpha value is -4.99. The molecule has 2 fully saturated rings. The molecule has 1 amide bonds. The van der Waals surface area contributed by atoms with Crippen LogP contribution < -0.4 is 16.2 Å². The van der Waals surface area contributed by atoms with Crippen molar-refractivity contribution >= 4 is 22.9 Å². The second-order valence-corrected chi connectivity index (χ2v) is 12.1. The van der Waals surface area contributed by atoms with Crippen molar-refractivity contribution in [3.63, 3.8) is 0 Å². The summed E-state index contributed by atoms with van der Waals surface area (Å²) in [6.07, 6.45) is 3.65. The monoisotopic (exact) mass is 607 g/mol. The summed E-state index contributed by atoms with van der Waals surface area (Å²) in [6.45, 7) is 8.33. The van der Waals surface area contributed by atoms with Gasteiger partial charge in [0.1, 0.15) is 35.0 Å². The molecule has 2 saturated heterocycles. The van der Waals surface area contributed by atoms with Crippen LogP contribution in [0.4, 0.5) is 5.82 Å². The van der Waals surface area contributed by atoms with E-state index in [0.29, 0.717) is 41.3 Å². The first kappa shape index (κ1) is 30.1. The van der Waals surface area contributed by atoms with Gasteiger partial charge in [0.2, 0.25) is 0 Å². The zero-order valence-electron chi connectivity index (χ0n) is 25.8. The second kappa shape index (κ2) is 12.2. The number of benzene rings is 2. The fraction of sp³-hybridized carbons (Fsp3) is 0.364. The fourth-order valence-electron chi connectivity index (χ4n) is 6.20. The van der Waals surface area contributed by atoms with Crippen molar-refractivity contribution in [3.05, 3.63) is 83.1 Å². The first-order valence-corrected chi connectivity index (χ1v) is 15.1. The highest BCUT2D eigenvalue weighted by molar-refractivity contribution is 5.97. The van der Waals surface area contributed by atoms with E-state index in [0.717, 1.165) is 26.2 Å². The summed E-state index contributed by atoms with van der Waals surface area (Å²) in [5, 5.41) is 10.0. The maximum Gasteiger partial charge on any atom is 0.335 e. The molecule has 2 aromatic carbocycles. The van der Waals surface area contributed by atoms with Gasteiger partial charge in [0, 0.05) is 44.8 Å². The van der Waals surface area contributed by atoms with Gasteiger partial charge in [-0.1, -0.05) is 18.2 Å². The normalized spacial score (nSPS) is 18.3. The van der Waals surface area contributed by atoms with Gasteiger partial charge in [0.15, 0.2) is 11.5 Å². The fourth-order valence-corrected chi connectivity index (χ4v) is 6.20. The number of nitrogen functional groups attached to an aromatic ring is 1. The third-order valence-corrected chi connectivity index (χ3v) is 8.74. The number of ether oxygens (including phenoxy) is 1. The van der Waals surface area contributed by atoms with E-state index >= 15 is 0 Å². The molecule has 4 heterocycles. The summed E-state index contributed by atoms with van der Waals surface area (Å²) in [5.74, 6) is 1.16. The quantitative estimate of drug-likeness (QED) is 0.248. The van der Waals surface area contributed by atoms with Crippen molar-refractivity contribution in [1.82, 2.24) is 33.8 Å². The van der Waals surface area contributed by atoms with Crippen LogP contribution in [0.25, 0.3) is 16.9 Å². The number of piperazine rings is 1. The molecule has 1 unspecified atom stereocenters. The molecule has 0 saturated carbocycles. The molecule has 0 bridgehead atoms. The number of likely N-dealkylation sites (N-methyl/N-ethyl adjacent to an activating group) is 1. The average molecular weight is 608 g/mol. The van der Waals surface area contributed by atoms with E-state index in [9.17, 15) is 14.9 Å². The molecule has 12 nitrogen and oxygen atoms in total. The Bertz CT molecular complexity index is 1830. The number of fused-ring (bicyclic) bond motifs is 1. The Balaban J connectivity index is 1.26. The van der Waals surface area contributed by atoms with Crippen molar-refractivity contribution in [2.75, 3.05) is 52.0 Å². The lowest BCUT2D eigenvalue weighted by atomic mass is 9.97. The number of aromatic nitrogens is 4. The zero-order chi connectivity index (χ0) is 31.7. The second-order valence-electron chi connectivity index (χ2n) is 12.1. The van der Waals surface area contributed by atoms with Crippen molar-refractivity contribution in [3.8, 4) is 23.3 Å². The van der Waals surface area contributed by atoms with Crippen LogP contribution >= 0.6 is 0 Å². The molecule has 0 radical (unpaired) electrons. The predicted molar refractivity (Wildman–Crippen MR) is 171 cm³/mol. The number of nitriles is 1. The minimum Gasteiger partial charge on any atom is -0.457 e. The number of para-hydroxylation sites is 1. The van der Waals surface area contributed by atoms with Crippen LogP contribution in [0.3, 0.4) is 0 Å². The van der Waals surface area contributed by atoms with Gasteiger partial charge < -0.3 is 20.3 Å². The molecule has 2 aliphatic rings. The van der Waals surface area contributed by atoms with Crippen LogP contribution in [0, 0.1) is 11.3 Å². The molecule has 0 spiro atoms. The lowest BCUT2D eigenvalue weighted by Crippen LogP contribution is -2.53. The Labute approximate surface area is 261 Å². The van der Waals surface area contributed by atoms with Gasteiger partial charge in [-0.05, 0) is 69.8 Å².